The van der Waals surface area contributed by atoms with Crippen LogP contribution in [-0.2, 0) is 16.1 Å². The zero-order valence-electron chi connectivity index (χ0n) is 22.6. The van der Waals surface area contributed by atoms with Crippen LogP contribution in [0.15, 0.2) is 72.6 Å². The number of nitrogens with zero attached hydrogens (tertiary/aromatic N) is 3. The van der Waals surface area contributed by atoms with Gasteiger partial charge in [0.25, 0.3) is 11.7 Å². The summed E-state index contributed by atoms with van der Waals surface area (Å²) in [5.41, 5.74) is 4.12. The molecule has 0 bridgehead atoms. The van der Waals surface area contributed by atoms with Gasteiger partial charge in [0, 0.05) is 43.3 Å². The van der Waals surface area contributed by atoms with E-state index in [4.69, 9.17) is 4.74 Å². The molecule has 0 radical (unpaired) electrons. The largest absolute Gasteiger partial charge is 0.507 e. The Hall–Kier alpha value is -4.13. The molecule has 0 saturated carbocycles. The van der Waals surface area contributed by atoms with Gasteiger partial charge in [-0.25, -0.2) is 0 Å². The summed E-state index contributed by atoms with van der Waals surface area (Å²) in [5, 5.41) is 11.5. The number of hydrogen-bond acceptors (Lipinski definition) is 6. The van der Waals surface area contributed by atoms with E-state index in [-0.39, 0.29) is 23.8 Å². The number of pyridine rings is 1. The molecule has 1 saturated heterocycles. The lowest BCUT2D eigenvalue weighted by atomic mass is 9.93. The fourth-order valence-electron chi connectivity index (χ4n) is 5.02. The molecule has 1 N–H and O–H groups in total. The Balaban J connectivity index is 1.86. The molecule has 4 rings (SSSR count). The van der Waals surface area contributed by atoms with Gasteiger partial charge in [-0.15, -0.1) is 0 Å². The van der Waals surface area contributed by atoms with E-state index >= 15 is 0 Å². The molecule has 7 nitrogen and oxygen atoms in total. The number of carbonyl (C=O) groups is 2. The SMILES string of the molecule is CCN(CC)c1ccc(C2/C(=C(/O)c3ccc(OC)c(C(C)C)c3)C(=O)C(=O)N2Cc2ccncc2)cc1. The summed E-state index contributed by atoms with van der Waals surface area (Å²) >= 11 is 0. The maximum atomic E-state index is 13.5. The molecular weight excluding hydrogens is 478 g/mol. The number of ketones is 1. The van der Waals surface area contributed by atoms with E-state index < -0.39 is 17.7 Å². The fraction of sp³-hybridized carbons (Fsp3) is 0.323. The number of carbonyl (C=O) groups excluding carboxylic acids is 2. The van der Waals surface area contributed by atoms with Crippen LogP contribution in [0.3, 0.4) is 0 Å². The monoisotopic (exact) mass is 513 g/mol. The smallest absolute Gasteiger partial charge is 0.295 e. The number of aliphatic hydroxyl groups excluding tert-OH is 1. The molecule has 3 aromatic rings. The van der Waals surface area contributed by atoms with Gasteiger partial charge < -0.3 is 19.6 Å². The third-order valence-electron chi connectivity index (χ3n) is 7.10. The summed E-state index contributed by atoms with van der Waals surface area (Å²) in [4.78, 5) is 34.6. The molecule has 1 unspecified atom stereocenters. The first kappa shape index (κ1) is 26.9. The van der Waals surface area contributed by atoms with Crippen molar-refractivity contribution in [2.75, 3.05) is 25.1 Å². The van der Waals surface area contributed by atoms with Crippen molar-refractivity contribution in [3.63, 3.8) is 0 Å². The lowest BCUT2D eigenvalue weighted by molar-refractivity contribution is -0.140. The number of aliphatic hydroxyl groups is 1. The number of Topliss-reactive ketones (excluding diaryl/α,β-unsaturated/α-hetero) is 1. The zero-order chi connectivity index (χ0) is 27.4. The molecule has 38 heavy (non-hydrogen) atoms. The van der Waals surface area contributed by atoms with Crippen LogP contribution < -0.4 is 9.64 Å². The highest BCUT2D eigenvalue weighted by Gasteiger charge is 2.46. The lowest BCUT2D eigenvalue weighted by Crippen LogP contribution is -2.29. The van der Waals surface area contributed by atoms with Crippen LogP contribution >= 0.6 is 0 Å². The molecular formula is C31H35N3O4. The minimum atomic E-state index is -0.737. The van der Waals surface area contributed by atoms with Crippen LogP contribution in [-0.4, -0.2) is 46.9 Å². The van der Waals surface area contributed by atoms with Gasteiger partial charge >= 0.3 is 0 Å². The van der Waals surface area contributed by atoms with Gasteiger partial charge in [-0.1, -0.05) is 26.0 Å². The maximum absolute atomic E-state index is 13.5. The first-order valence-electron chi connectivity index (χ1n) is 13.0. The number of ether oxygens (including phenoxy) is 1. The van der Waals surface area contributed by atoms with Crippen molar-refractivity contribution < 1.29 is 19.4 Å². The van der Waals surface area contributed by atoms with Gasteiger partial charge in [0.05, 0.1) is 18.7 Å². The highest BCUT2D eigenvalue weighted by molar-refractivity contribution is 6.46. The molecule has 1 fully saturated rings. The van der Waals surface area contributed by atoms with E-state index in [2.05, 4.69) is 23.7 Å². The van der Waals surface area contributed by atoms with Crippen molar-refractivity contribution in [1.82, 2.24) is 9.88 Å². The number of aromatic nitrogens is 1. The van der Waals surface area contributed by atoms with Gasteiger partial charge in [-0.3, -0.25) is 14.6 Å². The predicted octanol–water partition coefficient (Wildman–Crippen LogP) is 5.68. The predicted molar refractivity (Wildman–Crippen MR) is 149 cm³/mol. The van der Waals surface area contributed by atoms with E-state index in [1.54, 1.807) is 31.6 Å². The van der Waals surface area contributed by atoms with E-state index in [0.29, 0.717) is 11.3 Å². The van der Waals surface area contributed by atoms with E-state index in [9.17, 15) is 14.7 Å². The van der Waals surface area contributed by atoms with Crippen LogP contribution in [0.2, 0.25) is 0 Å². The van der Waals surface area contributed by atoms with Crippen LogP contribution in [0.4, 0.5) is 5.69 Å². The minimum Gasteiger partial charge on any atom is -0.507 e. The van der Waals surface area contributed by atoms with Gasteiger partial charge in [0.1, 0.15) is 11.5 Å². The summed E-state index contributed by atoms with van der Waals surface area (Å²) < 4.78 is 5.49. The molecule has 0 spiro atoms. The van der Waals surface area contributed by atoms with Gasteiger partial charge in [-0.05, 0) is 78.9 Å². The summed E-state index contributed by atoms with van der Waals surface area (Å²) in [7, 11) is 1.60. The molecule has 2 aromatic carbocycles. The molecule has 1 amide bonds. The minimum absolute atomic E-state index is 0.0829. The average molecular weight is 514 g/mol. The number of likely N-dealkylation sites (tertiary alicyclic amines) is 1. The Labute approximate surface area is 224 Å². The Bertz CT molecular complexity index is 1330. The summed E-state index contributed by atoms with van der Waals surface area (Å²) in [6, 6.07) is 16.1. The van der Waals surface area contributed by atoms with Gasteiger partial charge in [-0.2, -0.15) is 0 Å². The molecule has 198 valence electrons. The first-order chi connectivity index (χ1) is 18.3. The topological polar surface area (TPSA) is 83.0 Å². The second-order valence-corrected chi connectivity index (χ2v) is 9.66. The average Bonchev–Trinajstić information content (AvgIpc) is 3.18. The lowest BCUT2D eigenvalue weighted by Gasteiger charge is -2.27. The van der Waals surface area contributed by atoms with Crippen molar-refractivity contribution in [2.24, 2.45) is 0 Å². The van der Waals surface area contributed by atoms with Gasteiger partial charge in [0.2, 0.25) is 0 Å². The van der Waals surface area contributed by atoms with Crippen LogP contribution in [0.25, 0.3) is 5.76 Å². The van der Waals surface area contributed by atoms with Crippen molar-refractivity contribution in [3.05, 3.63) is 94.8 Å². The first-order valence-corrected chi connectivity index (χ1v) is 13.0. The number of anilines is 1. The molecule has 1 atom stereocenters. The normalized spacial score (nSPS) is 16.8. The third kappa shape index (κ3) is 5.14. The van der Waals surface area contributed by atoms with Gasteiger partial charge in [0.15, 0.2) is 0 Å². The van der Waals surface area contributed by atoms with E-state index in [0.717, 1.165) is 35.5 Å². The standard InChI is InChI=1S/C31H35N3O4/c1-6-33(7-2)24-11-8-22(9-12-24)28-27(29(35)23-10-13-26(38-5)25(18-23)20(3)4)30(36)31(37)34(28)19-21-14-16-32-17-15-21/h8-18,20,28,35H,6-7,19H2,1-5H3/b29-27-. The van der Waals surface area contributed by atoms with Crippen LogP contribution in [0, 0.1) is 0 Å². The number of benzene rings is 2. The summed E-state index contributed by atoms with van der Waals surface area (Å²) in [5.74, 6) is -0.688. The van der Waals surface area contributed by atoms with Crippen LogP contribution in [0.5, 0.6) is 5.75 Å². The number of hydrogen-bond donors (Lipinski definition) is 1. The van der Waals surface area contributed by atoms with Crippen molar-refractivity contribution in [3.8, 4) is 5.75 Å². The molecule has 7 heteroatoms. The Kier molecular flexibility index (Phi) is 8.15. The Morgan fingerprint density at radius 3 is 2.26 bits per heavy atom. The second kappa shape index (κ2) is 11.5. The summed E-state index contributed by atoms with van der Waals surface area (Å²) in [6.45, 7) is 10.2. The zero-order valence-corrected chi connectivity index (χ0v) is 22.6. The molecule has 1 aromatic heterocycles. The fourth-order valence-corrected chi connectivity index (χ4v) is 5.02. The molecule has 1 aliphatic rings. The van der Waals surface area contributed by atoms with Crippen molar-refractivity contribution in [1.29, 1.82) is 0 Å². The number of rotatable bonds is 9. The number of amides is 1. The highest BCUT2D eigenvalue weighted by Crippen LogP contribution is 2.41. The van der Waals surface area contributed by atoms with E-state index in [1.165, 1.54) is 4.90 Å². The Morgan fingerprint density at radius 1 is 1.03 bits per heavy atom. The molecule has 0 aliphatic carbocycles. The number of methoxy groups -OCH3 is 1. The third-order valence-corrected chi connectivity index (χ3v) is 7.10. The molecule has 1 aliphatic heterocycles. The summed E-state index contributed by atoms with van der Waals surface area (Å²) in [6.07, 6.45) is 3.31. The van der Waals surface area contributed by atoms with Crippen molar-refractivity contribution in [2.45, 2.75) is 46.2 Å². The van der Waals surface area contributed by atoms with Crippen molar-refractivity contribution >= 4 is 23.1 Å². The maximum Gasteiger partial charge on any atom is 0.295 e. The quantitative estimate of drug-likeness (QED) is 0.225. The Morgan fingerprint density at radius 2 is 1.68 bits per heavy atom. The molecule has 2 heterocycles. The van der Waals surface area contributed by atoms with E-state index in [1.807, 2.05) is 56.3 Å². The highest BCUT2D eigenvalue weighted by atomic mass is 16.5. The van der Waals surface area contributed by atoms with Crippen LogP contribution in [0.1, 0.15) is 61.9 Å². The second-order valence-electron chi connectivity index (χ2n) is 9.66.